The van der Waals surface area contributed by atoms with Gasteiger partial charge in [0, 0.05) is 39.3 Å². The molecule has 2 heterocycles. The molecule has 0 aliphatic carbocycles. The molecular formula is C20H29N3O2. The maximum absolute atomic E-state index is 13.0. The van der Waals surface area contributed by atoms with Crippen LogP contribution in [-0.4, -0.2) is 72.3 Å². The van der Waals surface area contributed by atoms with E-state index in [1.807, 2.05) is 54.0 Å². The second kappa shape index (κ2) is 7.56. The fraction of sp³-hybridized carbons (Fsp3) is 0.600. The number of hydrogen-bond donors (Lipinski definition) is 0. The lowest BCUT2D eigenvalue weighted by atomic mass is 9.83. The maximum atomic E-state index is 13.0. The van der Waals surface area contributed by atoms with E-state index in [4.69, 9.17) is 0 Å². The molecule has 25 heavy (non-hydrogen) atoms. The zero-order valence-corrected chi connectivity index (χ0v) is 15.4. The second-order valence-electron chi connectivity index (χ2n) is 7.65. The van der Waals surface area contributed by atoms with Crippen LogP contribution in [0, 0.1) is 0 Å². The highest BCUT2D eigenvalue weighted by Gasteiger charge is 2.35. The summed E-state index contributed by atoms with van der Waals surface area (Å²) in [4.78, 5) is 31.4. The van der Waals surface area contributed by atoms with Gasteiger partial charge in [0.25, 0.3) is 0 Å². The summed E-state index contributed by atoms with van der Waals surface area (Å²) in [6, 6.07) is 9.96. The van der Waals surface area contributed by atoms with Gasteiger partial charge < -0.3 is 9.80 Å². The number of rotatable bonds is 4. The van der Waals surface area contributed by atoms with Crippen LogP contribution in [0.4, 0.5) is 0 Å². The van der Waals surface area contributed by atoms with Crippen LogP contribution in [0.15, 0.2) is 30.3 Å². The Morgan fingerprint density at radius 3 is 2.08 bits per heavy atom. The Morgan fingerprint density at radius 1 is 0.880 bits per heavy atom. The zero-order valence-electron chi connectivity index (χ0n) is 15.4. The van der Waals surface area contributed by atoms with Gasteiger partial charge in [-0.1, -0.05) is 30.3 Å². The average molecular weight is 343 g/mol. The molecule has 0 bridgehead atoms. The Labute approximate surface area is 150 Å². The van der Waals surface area contributed by atoms with Crippen molar-refractivity contribution >= 4 is 11.8 Å². The zero-order chi connectivity index (χ0) is 17.9. The standard InChI is InChI=1S/C20H29N3O2/c1-20(2,17-8-4-3-5-9-17)19(25)23-14-12-21(13-15-23)16-18(24)22-10-6-7-11-22/h3-5,8-9H,6-7,10-16H2,1-2H3. The van der Waals surface area contributed by atoms with Crippen LogP contribution in [0.25, 0.3) is 0 Å². The van der Waals surface area contributed by atoms with E-state index < -0.39 is 5.41 Å². The van der Waals surface area contributed by atoms with Gasteiger partial charge in [-0.3, -0.25) is 14.5 Å². The number of nitrogens with zero attached hydrogens (tertiary/aromatic N) is 3. The number of benzene rings is 1. The molecular weight excluding hydrogens is 314 g/mol. The first kappa shape index (κ1) is 17.9. The fourth-order valence-electron chi connectivity index (χ4n) is 3.74. The minimum atomic E-state index is -0.519. The van der Waals surface area contributed by atoms with E-state index in [1.165, 1.54) is 0 Å². The monoisotopic (exact) mass is 343 g/mol. The van der Waals surface area contributed by atoms with Gasteiger partial charge in [-0.15, -0.1) is 0 Å². The van der Waals surface area contributed by atoms with Crippen LogP contribution in [0.5, 0.6) is 0 Å². The van der Waals surface area contributed by atoms with Gasteiger partial charge >= 0.3 is 0 Å². The van der Waals surface area contributed by atoms with Crippen molar-refractivity contribution < 1.29 is 9.59 Å². The first-order chi connectivity index (χ1) is 12.0. The molecule has 2 fully saturated rings. The third-order valence-corrected chi connectivity index (χ3v) is 5.51. The molecule has 3 rings (SSSR count). The summed E-state index contributed by atoms with van der Waals surface area (Å²) in [6.07, 6.45) is 2.26. The number of likely N-dealkylation sites (tertiary alicyclic amines) is 1. The minimum absolute atomic E-state index is 0.171. The molecule has 2 aliphatic heterocycles. The summed E-state index contributed by atoms with van der Waals surface area (Å²) in [6.45, 7) is 9.23. The predicted molar refractivity (Wildman–Crippen MR) is 98.3 cm³/mol. The van der Waals surface area contributed by atoms with Gasteiger partial charge in [0.05, 0.1) is 12.0 Å². The molecule has 0 spiro atoms. The largest absolute Gasteiger partial charge is 0.342 e. The van der Waals surface area contributed by atoms with Crippen molar-refractivity contribution in [2.45, 2.75) is 32.1 Å². The summed E-state index contributed by atoms with van der Waals surface area (Å²) in [5.41, 5.74) is 0.529. The summed E-state index contributed by atoms with van der Waals surface area (Å²) in [5, 5.41) is 0. The fourth-order valence-corrected chi connectivity index (χ4v) is 3.74. The van der Waals surface area contributed by atoms with Gasteiger partial charge in [0.15, 0.2) is 0 Å². The molecule has 0 saturated carbocycles. The lowest BCUT2D eigenvalue weighted by molar-refractivity contribution is -0.138. The number of carbonyl (C=O) groups excluding carboxylic acids is 2. The summed E-state index contributed by atoms with van der Waals surface area (Å²) in [5.74, 6) is 0.408. The number of carbonyl (C=O) groups is 2. The lowest BCUT2D eigenvalue weighted by Crippen LogP contribution is -2.54. The van der Waals surface area contributed by atoms with Crippen molar-refractivity contribution in [3.63, 3.8) is 0 Å². The molecule has 0 aromatic heterocycles. The van der Waals surface area contributed by atoms with Crippen molar-refractivity contribution in [3.05, 3.63) is 35.9 Å². The molecule has 1 aromatic carbocycles. The third-order valence-electron chi connectivity index (χ3n) is 5.51. The lowest BCUT2D eigenvalue weighted by Gasteiger charge is -2.38. The Balaban J connectivity index is 1.53. The third kappa shape index (κ3) is 4.03. The molecule has 0 radical (unpaired) electrons. The highest BCUT2D eigenvalue weighted by Crippen LogP contribution is 2.26. The average Bonchev–Trinajstić information content (AvgIpc) is 3.17. The van der Waals surface area contributed by atoms with Crippen LogP contribution in [0.1, 0.15) is 32.3 Å². The van der Waals surface area contributed by atoms with Crippen molar-refractivity contribution in [3.8, 4) is 0 Å². The smallest absolute Gasteiger partial charge is 0.236 e. The Hall–Kier alpha value is -1.88. The van der Waals surface area contributed by atoms with E-state index in [2.05, 4.69) is 4.90 Å². The topological polar surface area (TPSA) is 43.9 Å². The van der Waals surface area contributed by atoms with E-state index >= 15 is 0 Å². The normalized spacial score (nSPS) is 19.3. The van der Waals surface area contributed by atoms with Crippen molar-refractivity contribution in [1.29, 1.82) is 0 Å². The van der Waals surface area contributed by atoms with Crippen molar-refractivity contribution in [2.75, 3.05) is 45.8 Å². The molecule has 0 atom stereocenters. The van der Waals surface area contributed by atoms with E-state index in [0.717, 1.165) is 44.6 Å². The van der Waals surface area contributed by atoms with Gasteiger partial charge in [-0.05, 0) is 32.3 Å². The van der Waals surface area contributed by atoms with Crippen LogP contribution < -0.4 is 0 Å². The molecule has 5 nitrogen and oxygen atoms in total. The second-order valence-corrected chi connectivity index (χ2v) is 7.65. The summed E-state index contributed by atoms with van der Waals surface area (Å²) < 4.78 is 0. The van der Waals surface area contributed by atoms with E-state index in [-0.39, 0.29) is 11.8 Å². The van der Waals surface area contributed by atoms with E-state index in [0.29, 0.717) is 19.6 Å². The molecule has 2 amide bonds. The van der Waals surface area contributed by atoms with Crippen molar-refractivity contribution in [1.82, 2.24) is 14.7 Å². The van der Waals surface area contributed by atoms with E-state index in [1.54, 1.807) is 0 Å². The molecule has 2 aliphatic rings. The van der Waals surface area contributed by atoms with E-state index in [9.17, 15) is 9.59 Å². The first-order valence-electron chi connectivity index (χ1n) is 9.33. The maximum Gasteiger partial charge on any atom is 0.236 e. The number of amides is 2. The molecule has 2 saturated heterocycles. The first-order valence-corrected chi connectivity index (χ1v) is 9.33. The Morgan fingerprint density at radius 2 is 1.48 bits per heavy atom. The highest BCUT2D eigenvalue weighted by molar-refractivity contribution is 5.87. The van der Waals surface area contributed by atoms with Gasteiger partial charge in [-0.2, -0.15) is 0 Å². The van der Waals surface area contributed by atoms with Gasteiger partial charge in [-0.25, -0.2) is 0 Å². The minimum Gasteiger partial charge on any atom is -0.342 e. The SMILES string of the molecule is CC(C)(C(=O)N1CCN(CC(=O)N2CCCC2)CC1)c1ccccc1. The Bertz CT molecular complexity index is 601. The summed E-state index contributed by atoms with van der Waals surface area (Å²) >= 11 is 0. The van der Waals surface area contributed by atoms with Crippen LogP contribution in [0.3, 0.4) is 0 Å². The molecule has 0 N–H and O–H groups in total. The molecule has 136 valence electrons. The van der Waals surface area contributed by atoms with Gasteiger partial charge in [0.2, 0.25) is 11.8 Å². The number of hydrogen-bond acceptors (Lipinski definition) is 3. The quantitative estimate of drug-likeness (QED) is 0.836. The molecule has 0 unspecified atom stereocenters. The predicted octanol–water partition coefficient (Wildman–Crippen LogP) is 1.73. The van der Waals surface area contributed by atoms with Crippen LogP contribution in [0.2, 0.25) is 0 Å². The van der Waals surface area contributed by atoms with Crippen molar-refractivity contribution in [2.24, 2.45) is 0 Å². The summed E-state index contributed by atoms with van der Waals surface area (Å²) in [7, 11) is 0. The Kier molecular flexibility index (Phi) is 5.42. The van der Waals surface area contributed by atoms with Gasteiger partial charge in [0.1, 0.15) is 0 Å². The highest BCUT2D eigenvalue weighted by atomic mass is 16.2. The number of piperazine rings is 1. The van der Waals surface area contributed by atoms with Crippen LogP contribution in [-0.2, 0) is 15.0 Å². The molecule has 1 aromatic rings. The molecule has 5 heteroatoms. The van der Waals surface area contributed by atoms with Crippen LogP contribution >= 0.6 is 0 Å².